The SMILES string of the molecule is COc1c(CCC(=O)O)cnn1Cc1ccccc1F. The minimum Gasteiger partial charge on any atom is -0.481 e. The van der Waals surface area contributed by atoms with Gasteiger partial charge in [0.25, 0.3) is 0 Å². The van der Waals surface area contributed by atoms with Crippen molar-refractivity contribution in [1.29, 1.82) is 0 Å². The van der Waals surface area contributed by atoms with E-state index >= 15 is 0 Å². The fourth-order valence-corrected chi connectivity index (χ4v) is 1.96. The Balaban J connectivity index is 2.20. The summed E-state index contributed by atoms with van der Waals surface area (Å²) in [5.74, 6) is -0.722. The number of aryl methyl sites for hydroxylation is 1. The Morgan fingerprint density at radius 1 is 1.40 bits per heavy atom. The molecule has 1 aromatic heterocycles. The summed E-state index contributed by atoms with van der Waals surface area (Å²) in [5.41, 5.74) is 1.20. The van der Waals surface area contributed by atoms with Gasteiger partial charge in [-0.2, -0.15) is 5.10 Å². The second kappa shape index (κ2) is 6.18. The lowest BCUT2D eigenvalue weighted by atomic mass is 10.2. The van der Waals surface area contributed by atoms with Gasteiger partial charge < -0.3 is 9.84 Å². The van der Waals surface area contributed by atoms with Crippen molar-refractivity contribution in [2.75, 3.05) is 7.11 Å². The van der Waals surface area contributed by atoms with Gasteiger partial charge in [0.1, 0.15) is 5.82 Å². The van der Waals surface area contributed by atoms with Crippen LogP contribution in [0, 0.1) is 5.82 Å². The summed E-state index contributed by atoms with van der Waals surface area (Å²) >= 11 is 0. The first-order valence-electron chi connectivity index (χ1n) is 6.15. The molecule has 0 saturated heterocycles. The van der Waals surface area contributed by atoms with Gasteiger partial charge in [-0.25, -0.2) is 9.07 Å². The van der Waals surface area contributed by atoms with Gasteiger partial charge in [-0.1, -0.05) is 18.2 Å². The van der Waals surface area contributed by atoms with Crippen molar-refractivity contribution < 1.29 is 19.0 Å². The number of rotatable bonds is 6. The van der Waals surface area contributed by atoms with Crippen LogP contribution in [-0.4, -0.2) is 28.0 Å². The van der Waals surface area contributed by atoms with Crippen LogP contribution in [0.15, 0.2) is 30.5 Å². The molecule has 2 aromatic rings. The lowest BCUT2D eigenvalue weighted by Crippen LogP contribution is -2.06. The predicted molar refractivity (Wildman–Crippen MR) is 70.2 cm³/mol. The van der Waals surface area contributed by atoms with Gasteiger partial charge >= 0.3 is 5.97 Å². The van der Waals surface area contributed by atoms with Crippen molar-refractivity contribution in [3.8, 4) is 5.88 Å². The fourth-order valence-electron chi connectivity index (χ4n) is 1.96. The van der Waals surface area contributed by atoms with E-state index in [0.717, 1.165) is 0 Å². The Hall–Kier alpha value is -2.37. The molecule has 1 heterocycles. The molecular formula is C14H15FN2O3. The molecule has 0 aliphatic carbocycles. The molecule has 1 aromatic carbocycles. The maximum Gasteiger partial charge on any atom is 0.303 e. The third-order valence-electron chi connectivity index (χ3n) is 2.94. The van der Waals surface area contributed by atoms with E-state index in [1.54, 1.807) is 24.4 Å². The van der Waals surface area contributed by atoms with E-state index in [1.165, 1.54) is 17.9 Å². The minimum absolute atomic E-state index is 0.00174. The Kier molecular flexibility index (Phi) is 4.34. The van der Waals surface area contributed by atoms with E-state index in [4.69, 9.17) is 9.84 Å². The minimum atomic E-state index is -0.881. The van der Waals surface area contributed by atoms with E-state index in [0.29, 0.717) is 23.4 Å². The number of carboxylic acid groups (broad SMARTS) is 1. The van der Waals surface area contributed by atoms with Gasteiger partial charge in [-0.3, -0.25) is 4.79 Å². The van der Waals surface area contributed by atoms with Crippen LogP contribution in [0.3, 0.4) is 0 Å². The molecular weight excluding hydrogens is 263 g/mol. The van der Waals surface area contributed by atoms with E-state index < -0.39 is 5.97 Å². The summed E-state index contributed by atoms with van der Waals surface area (Å²) in [6.45, 7) is 0.239. The first kappa shape index (κ1) is 14.0. The number of aromatic nitrogens is 2. The van der Waals surface area contributed by atoms with Crippen LogP contribution in [0.5, 0.6) is 5.88 Å². The fraction of sp³-hybridized carbons (Fsp3) is 0.286. The smallest absolute Gasteiger partial charge is 0.303 e. The molecule has 2 rings (SSSR count). The molecule has 6 heteroatoms. The average molecular weight is 278 g/mol. The van der Waals surface area contributed by atoms with E-state index in [1.807, 2.05) is 0 Å². The number of benzene rings is 1. The van der Waals surface area contributed by atoms with Crippen LogP contribution >= 0.6 is 0 Å². The number of nitrogens with zero attached hydrogens (tertiary/aromatic N) is 2. The van der Waals surface area contributed by atoms with Crippen molar-refractivity contribution in [1.82, 2.24) is 9.78 Å². The van der Waals surface area contributed by atoms with E-state index in [-0.39, 0.29) is 18.8 Å². The van der Waals surface area contributed by atoms with Crippen molar-refractivity contribution in [2.45, 2.75) is 19.4 Å². The third kappa shape index (κ3) is 3.14. The molecule has 1 N–H and O–H groups in total. The Morgan fingerprint density at radius 2 is 2.15 bits per heavy atom. The molecule has 0 unspecified atom stereocenters. The largest absolute Gasteiger partial charge is 0.481 e. The standard InChI is InChI=1S/C14H15FN2O3/c1-20-14-10(6-7-13(18)19)8-16-17(14)9-11-4-2-3-5-12(11)15/h2-5,8H,6-7,9H2,1H3,(H,18,19). The quantitative estimate of drug-likeness (QED) is 0.878. The maximum absolute atomic E-state index is 13.6. The zero-order valence-corrected chi connectivity index (χ0v) is 11.0. The Bertz CT molecular complexity index is 610. The van der Waals surface area contributed by atoms with Crippen LogP contribution in [0.2, 0.25) is 0 Å². The molecule has 0 saturated carbocycles. The summed E-state index contributed by atoms with van der Waals surface area (Å²) in [6.07, 6.45) is 1.89. The van der Waals surface area contributed by atoms with Gasteiger partial charge in [0, 0.05) is 17.5 Å². The van der Waals surface area contributed by atoms with Gasteiger partial charge in [0.2, 0.25) is 5.88 Å². The van der Waals surface area contributed by atoms with Crippen LogP contribution in [0.4, 0.5) is 4.39 Å². The summed E-state index contributed by atoms with van der Waals surface area (Å²) in [7, 11) is 1.49. The van der Waals surface area contributed by atoms with Gasteiger partial charge in [0.05, 0.1) is 19.9 Å². The zero-order chi connectivity index (χ0) is 14.5. The molecule has 0 amide bonds. The topological polar surface area (TPSA) is 64.3 Å². The van der Waals surface area contributed by atoms with Crippen LogP contribution in [0.1, 0.15) is 17.5 Å². The number of ether oxygens (including phenoxy) is 1. The lowest BCUT2D eigenvalue weighted by molar-refractivity contribution is -0.136. The van der Waals surface area contributed by atoms with Crippen molar-refractivity contribution >= 4 is 5.97 Å². The van der Waals surface area contributed by atoms with Crippen molar-refractivity contribution in [3.63, 3.8) is 0 Å². The van der Waals surface area contributed by atoms with Gasteiger partial charge in [-0.05, 0) is 12.5 Å². The number of methoxy groups -OCH3 is 1. The number of hydrogen-bond acceptors (Lipinski definition) is 3. The number of carbonyl (C=O) groups is 1. The normalized spacial score (nSPS) is 10.5. The molecule has 0 spiro atoms. The molecule has 106 valence electrons. The molecule has 0 bridgehead atoms. The first-order chi connectivity index (χ1) is 9.61. The number of carboxylic acids is 1. The highest BCUT2D eigenvalue weighted by Gasteiger charge is 2.14. The molecule has 0 aliphatic rings. The van der Waals surface area contributed by atoms with Crippen LogP contribution < -0.4 is 4.74 Å². The summed E-state index contributed by atoms with van der Waals surface area (Å²) in [4.78, 5) is 10.6. The number of hydrogen-bond donors (Lipinski definition) is 1. The first-order valence-corrected chi connectivity index (χ1v) is 6.15. The highest BCUT2D eigenvalue weighted by molar-refractivity contribution is 5.67. The van der Waals surface area contributed by atoms with Gasteiger partial charge in [0.15, 0.2) is 0 Å². The Morgan fingerprint density at radius 3 is 2.80 bits per heavy atom. The lowest BCUT2D eigenvalue weighted by Gasteiger charge is -2.08. The summed E-state index contributed by atoms with van der Waals surface area (Å²) in [5, 5.41) is 12.8. The van der Waals surface area contributed by atoms with Crippen molar-refractivity contribution in [3.05, 3.63) is 47.4 Å². The highest BCUT2D eigenvalue weighted by atomic mass is 19.1. The summed E-state index contributed by atoms with van der Waals surface area (Å²) < 4.78 is 20.4. The Labute approximate surface area is 115 Å². The van der Waals surface area contributed by atoms with Gasteiger partial charge in [-0.15, -0.1) is 0 Å². The molecule has 20 heavy (non-hydrogen) atoms. The third-order valence-corrected chi connectivity index (χ3v) is 2.94. The van der Waals surface area contributed by atoms with Crippen molar-refractivity contribution in [2.24, 2.45) is 0 Å². The average Bonchev–Trinajstić information content (AvgIpc) is 2.81. The maximum atomic E-state index is 13.6. The zero-order valence-electron chi connectivity index (χ0n) is 11.0. The van der Waals surface area contributed by atoms with E-state index in [9.17, 15) is 9.18 Å². The number of halogens is 1. The summed E-state index contributed by atoms with van der Waals surface area (Å²) in [6, 6.07) is 6.43. The van der Waals surface area contributed by atoms with E-state index in [2.05, 4.69) is 5.10 Å². The predicted octanol–water partition coefficient (Wildman–Crippen LogP) is 2.10. The number of aliphatic carboxylic acids is 1. The highest BCUT2D eigenvalue weighted by Crippen LogP contribution is 2.21. The molecule has 5 nitrogen and oxygen atoms in total. The molecule has 0 atom stereocenters. The molecule has 0 aliphatic heterocycles. The second-order valence-corrected chi connectivity index (χ2v) is 4.32. The van der Waals surface area contributed by atoms with Crippen LogP contribution in [-0.2, 0) is 17.8 Å². The monoisotopic (exact) mass is 278 g/mol. The molecule has 0 radical (unpaired) electrons. The van der Waals surface area contributed by atoms with Crippen LogP contribution in [0.25, 0.3) is 0 Å². The second-order valence-electron chi connectivity index (χ2n) is 4.32. The molecule has 0 fully saturated rings.